The lowest BCUT2D eigenvalue weighted by Crippen LogP contribution is -1.94. The Morgan fingerprint density at radius 1 is 0.944 bits per heavy atom. The van der Waals surface area contributed by atoms with Crippen LogP contribution in [-0.4, -0.2) is 0 Å². The topological polar surface area (TPSA) is 9.23 Å². The molecule has 2 rings (SSSR count). The Bertz CT molecular complexity index is 505. The van der Waals surface area contributed by atoms with Crippen LogP contribution in [0.5, 0.6) is 5.75 Å². The van der Waals surface area contributed by atoms with Crippen LogP contribution < -0.4 is 4.74 Å². The molecule has 0 aromatic heterocycles. The summed E-state index contributed by atoms with van der Waals surface area (Å²) in [5.41, 5.74) is 3.70. The summed E-state index contributed by atoms with van der Waals surface area (Å²) < 4.78 is 5.73. The zero-order valence-corrected chi connectivity index (χ0v) is 10.9. The lowest BCUT2D eigenvalue weighted by atomic mass is 10.1. The largest absolute Gasteiger partial charge is 0.489 e. The van der Waals surface area contributed by atoms with E-state index in [0.29, 0.717) is 6.61 Å². The van der Waals surface area contributed by atoms with Crippen LogP contribution in [0, 0.1) is 0 Å². The number of benzene rings is 2. The van der Waals surface area contributed by atoms with Crippen molar-refractivity contribution < 1.29 is 4.74 Å². The van der Waals surface area contributed by atoms with E-state index in [1.54, 1.807) is 0 Å². The Morgan fingerprint density at radius 2 is 1.61 bits per heavy atom. The van der Waals surface area contributed by atoms with Crippen LogP contribution >= 0.6 is 0 Å². The van der Waals surface area contributed by atoms with Crippen LogP contribution in [0.15, 0.2) is 60.2 Å². The van der Waals surface area contributed by atoms with Crippen LogP contribution in [0.4, 0.5) is 0 Å². The van der Waals surface area contributed by atoms with Gasteiger partial charge >= 0.3 is 0 Å². The molecule has 0 bridgehead atoms. The molecule has 0 aliphatic heterocycles. The molecule has 2 aromatic carbocycles. The third kappa shape index (κ3) is 3.77. The average molecular weight is 238 g/mol. The second kappa shape index (κ2) is 6.06. The minimum atomic E-state index is 0.614. The van der Waals surface area contributed by atoms with Gasteiger partial charge in [0.2, 0.25) is 0 Å². The van der Waals surface area contributed by atoms with Gasteiger partial charge in [0, 0.05) is 0 Å². The molecule has 1 heteroatoms. The fraction of sp³-hybridized carbons (Fsp3) is 0.176. The van der Waals surface area contributed by atoms with Crippen LogP contribution in [0.25, 0.3) is 6.08 Å². The highest BCUT2D eigenvalue weighted by molar-refractivity contribution is 5.52. The normalized spacial score (nSPS) is 9.89. The number of rotatable bonds is 4. The highest BCUT2D eigenvalue weighted by Crippen LogP contribution is 2.15. The molecule has 0 radical (unpaired) electrons. The van der Waals surface area contributed by atoms with Gasteiger partial charge in [0.1, 0.15) is 12.4 Å². The van der Waals surface area contributed by atoms with Crippen LogP contribution in [0.2, 0.25) is 0 Å². The van der Waals surface area contributed by atoms with E-state index >= 15 is 0 Å². The van der Waals surface area contributed by atoms with Gasteiger partial charge in [0.25, 0.3) is 0 Å². The number of hydrogen-bond acceptors (Lipinski definition) is 1. The Balaban J connectivity index is 1.97. The van der Waals surface area contributed by atoms with Crippen molar-refractivity contribution in [3.63, 3.8) is 0 Å². The maximum atomic E-state index is 5.73. The summed E-state index contributed by atoms with van der Waals surface area (Å²) in [6.07, 6.45) is 2.15. The quantitative estimate of drug-likeness (QED) is 0.751. The van der Waals surface area contributed by atoms with Gasteiger partial charge < -0.3 is 4.74 Å². The highest BCUT2D eigenvalue weighted by Gasteiger charge is 1.95. The van der Waals surface area contributed by atoms with E-state index in [1.165, 1.54) is 16.7 Å². The first-order valence-corrected chi connectivity index (χ1v) is 6.16. The first-order chi connectivity index (χ1) is 8.74. The molecule has 0 N–H and O–H groups in total. The molecule has 0 heterocycles. The predicted octanol–water partition coefficient (Wildman–Crippen LogP) is 4.69. The SMILES string of the molecule is CC(C)=Cc1ccc(OCc2ccccc2)cc1. The maximum absolute atomic E-state index is 5.73. The van der Waals surface area contributed by atoms with Crippen molar-refractivity contribution in [3.05, 3.63) is 71.3 Å². The fourth-order valence-electron chi connectivity index (χ4n) is 1.73. The molecule has 2 aromatic rings. The Hall–Kier alpha value is -2.02. The minimum Gasteiger partial charge on any atom is -0.489 e. The molecule has 0 saturated carbocycles. The highest BCUT2D eigenvalue weighted by atomic mass is 16.5. The zero-order valence-electron chi connectivity index (χ0n) is 10.9. The number of hydrogen-bond donors (Lipinski definition) is 0. The zero-order chi connectivity index (χ0) is 12.8. The van der Waals surface area contributed by atoms with Gasteiger partial charge in [-0.05, 0) is 37.1 Å². The van der Waals surface area contributed by atoms with Crippen molar-refractivity contribution in [1.82, 2.24) is 0 Å². The smallest absolute Gasteiger partial charge is 0.119 e. The van der Waals surface area contributed by atoms with Crippen LogP contribution in [-0.2, 0) is 6.61 Å². The van der Waals surface area contributed by atoms with Crippen molar-refractivity contribution in [2.45, 2.75) is 20.5 Å². The maximum Gasteiger partial charge on any atom is 0.119 e. The third-order valence-corrected chi connectivity index (χ3v) is 2.58. The summed E-state index contributed by atoms with van der Waals surface area (Å²) in [6.45, 7) is 4.81. The van der Waals surface area contributed by atoms with Crippen molar-refractivity contribution >= 4 is 6.08 Å². The summed E-state index contributed by atoms with van der Waals surface area (Å²) in [4.78, 5) is 0. The lowest BCUT2D eigenvalue weighted by Gasteiger charge is -2.06. The van der Waals surface area contributed by atoms with Gasteiger partial charge in [-0.15, -0.1) is 0 Å². The van der Waals surface area contributed by atoms with Crippen molar-refractivity contribution in [3.8, 4) is 5.75 Å². The Morgan fingerprint density at radius 3 is 2.22 bits per heavy atom. The summed E-state index contributed by atoms with van der Waals surface area (Å²) in [5.74, 6) is 0.907. The number of ether oxygens (including phenoxy) is 1. The van der Waals surface area contributed by atoms with E-state index in [-0.39, 0.29) is 0 Å². The van der Waals surface area contributed by atoms with Gasteiger partial charge in [-0.1, -0.05) is 54.1 Å². The summed E-state index contributed by atoms with van der Waals surface area (Å²) in [5, 5.41) is 0. The predicted molar refractivity (Wildman–Crippen MR) is 76.5 cm³/mol. The Labute approximate surface area is 109 Å². The minimum absolute atomic E-state index is 0.614. The molecule has 92 valence electrons. The molecular formula is C17H18O. The first-order valence-electron chi connectivity index (χ1n) is 6.16. The van der Waals surface area contributed by atoms with E-state index in [0.717, 1.165) is 5.75 Å². The summed E-state index contributed by atoms with van der Waals surface area (Å²) in [6, 6.07) is 18.4. The molecular weight excluding hydrogens is 220 g/mol. The molecule has 0 fully saturated rings. The summed E-state index contributed by atoms with van der Waals surface area (Å²) in [7, 11) is 0. The molecule has 0 saturated heterocycles. The molecule has 18 heavy (non-hydrogen) atoms. The second-order valence-electron chi connectivity index (χ2n) is 4.56. The monoisotopic (exact) mass is 238 g/mol. The van der Waals surface area contributed by atoms with E-state index < -0.39 is 0 Å². The van der Waals surface area contributed by atoms with Crippen LogP contribution in [0.3, 0.4) is 0 Å². The third-order valence-electron chi connectivity index (χ3n) is 2.58. The van der Waals surface area contributed by atoms with Gasteiger partial charge in [-0.2, -0.15) is 0 Å². The molecule has 0 spiro atoms. The molecule has 0 aliphatic rings. The van der Waals surface area contributed by atoms with Gasteiger partial charge in [-0.25, -0.2) is 0 Å². The van der Waals surface area contributed by atoms with Gasteiger partial charge in [0.15, 0.2) is 0 Å². The Kier molecular flexibility index (Phi) is 4.19. The van der Waals surface area contributed by atoms with Crippen molar-refractivity contribution in [2.24, 2.45) is 0 Å². The van der Waals surface area contributed by atoms with Crippen LogP contribution in [0.1, 0.15) is 25.0 Å². The van der Waals surface area contributed by atoms with Crippen molar-refractivity contribution in [1.29, 1.82) is 0 Å². The molecule has 1 nitrogen and oxygen atoms in total. The van der Waals surface area contributed by atoms with E-state index in [9.17, 15) is 0 Å². The standard InChI is InChI=1S/C17H18O/c1-14(2)12-15-8-10-17(11-9-15)18-13-16-6-4-3-5-7-16/h3-12H,13H2,1-2H3. The summed E-state index contributed by atoms with van der Waals surface area (Å²) >= 11 is 0. The van der Waals surface area contributed by atoms with Gasteiger partial charge in [-0.3, -0.25) is 0 Å². The number of allylic oxidation sites excluding steroid dienone is 1. The van der Waals surface area contributed by atoms with E-state index in [1.807, 2.05) is 30.3 Å². The van der Waals surface area contributed by atoms with Crippen molar-refractivity contribution in [2.75, 3.05) is 0 Å². The molecule has 0 unspecified atom stereocenters. The molecule has 0 amide bonds. The first kappa shape index (κ1) is 12.4. The van der Waals surface area contributed by atoms with Gasteiger partial charge in [0.05, 0.1) is 0 Å². The lowest BCUT2D eigenvalue weighted by molar-refractivity contribution is 0.306. The fourth-order valence-corrected chi connectivity index (χ4v) is 1.73. The van der Waals surface area contributed by atoms with E-state index in [2.05, 4.69) is 44.2 Å². The molecule has 0 atom stereocenters. The van der Waals surface area contributed by atoms with E-state index in [4.69, 9.17) is 4.74 Å². The molecule has 0 aliphatic carbocycles. The second-order valence-corrected chi connectivity index (χ2v) is 4.56. The average Bonchev–Trinajstić information content (AvgIpc) is 2.38.